The lowest BCUT2D eigenvalue weighted by molar-refractivity contribution is 0.198. The summed E-state index contributed by atoms with van der Waals surface area (Å²) in [4.78, 5) is 4.83. The van der Waals surface area contributed by atoms with E-state index in [9.17, 15) is 5.11 Å². The van der Waals surface area contributed by atoms with E-state index in [1.165, 1.54) is 11.3 Å². The highest BCUT2D eigenvalue weighted by molar-refractivity contribution is 5.51. The molecule has 1 heterocycles. The molecule has 0 radical (unpaired) electrons. The second-order valence-electron chi connectivity index (χ2n) is 5.48. The molecule has 1 saturated heterocycles. The van der Waals surface area contributed by atoms with Crippen LogP contribution in [0.3, 0.4) is 0 Å². The van der Waals surface area contributed by atoms with Crippen molar-refractivity contribution in [3.05, 3.63) is 29.8 Å². The number of aryl methyl sites for hydroxylation is 1. The Balaban J connectivity index is 2.26. The second-order valence-corrected chi connectivity index (χ2v) is 5.48. The normalized spacial score (nSPS) is 25.4. The number of hydrogen-bond donors (Lipinski definition) is 1. The van der Waals surface area contributed by atoms with Crippen LogP contribution >= 0.6 is 0 Å². The third-order valence-corrected chi connectivity index (χ3v) is 3.73. The molecular weight excluding hydrogens is 224 g/mol. The van der Waals surface area contributed by atoms with E-state index < -0.39 is 0 Å². The van der Waals surface area contributed by atoms with Crippen LogP contribution in [0.25, 0.3) is 0 Å². The molecule has 1 fully saturated rings. The zero-order valence-electron chi connectivity index (χ0n) is 11.6. The molecule has 3 nitrogen and oxygen atoms in total. The first kappa shape index (κ1) is 13.4. The summed E-state index contributed by atoms with van der Waals surface area (Å²) in [6.45, 7) is 6.76. The SMILES string of the molecule is Cc1cccc(N2C(C)CN(C)CC2CCO)c1. The molecule has 0 aromatic heterocycles. The van der Waals surface area contributed by atoms with Gasteiger partial charge in [0.15, 0.2) is 0 Å². The van der Waals surface area contributed by atoms with Gasteiger partial charge in [0.25, 0.3) is 0 Å². The molecule has 100 valence electrons. The van der Waals surface area contributed by atoms with Crippen molar-refractivity contribution in [1.29, 1.82) is 0 Å². The predicted molar refractivity (Wildman–Crippen MR) is 76.1 cm³/mol. The van der Waals surface area contributed by atoms with Crippen LogP contribution in [0.5, 0.6) is 0 Å². The second kappa shape index (κ2) is 5.72. The highest BCUT2D eigenvalue weighted by Gasteiger charge is 2.30. The molecule has 18 heavy (non-hydrogen) atoms. The van der Waals surface area contributed by atoms with Crippen LogP contribution in [0.4, 0.5) is 5.69 Å². The Morgan fingerprint density at radius 3 is 2.78 bits per heavy atom. The Morgan fingerprint density at radius 2 is 2.11 bits per heavy atom. The molecule has 3 heteroatoms. The van der Waals surface area contributed by atoms with Crippen molar-refractivity contribution in [3.63, 3.8) is 0 Å². The molecule has 0 aliphatic carbocycles. The lowest BCUT2D eigenvalue weighted by Gasteiger charge is -2.46. The molecule has 2 atom stereocenters. The molecule has 0 spiro atoms. The first-order chi connectivity index (χ1) is 8.61. The number of rotatable bonds is 3. The van der Waals surface area contributed by atoms with Gasteiger partial charge >= 0.3 is 0 Å². The van der Waals surface area contributed by atoms with Crippen molar-refractivity contribution in [1.82, 2.24) is 4.90 Å². The number of aliphatic hydroxyl groups is 1. The van der Waals surface area contributed by atoms with Crippen LogP contribution in [0.15, 0.2) is 24.3 Å². The highest BCUT2D eigenvalue weighted by atomic mass is 16.3. The lowest BCUT2D eigenvalue weighted by atomic mass is 10.0. The van der Waals surface area contributed by atoms with E-state index in [1.807, 2.05) is 0 Å². The van der Waals surface area contributed by atoms with Gasteiger partial charge in [-0.05, 0) is 45.0 Å². The van der Waals surface area contributed by atoms with E-state index in [0.717, 1.165) is 19.5 Å². The average Bonchev–Trinajstić information content (AvgIpc) is 2.28. The largest absolute Gasteiger partial charge is 0.396 e. The van der Waals surface area contributed by atoms with E-state index in [-0.39, 0.29) is 6.61 Å². The number of aliphatic hydroxyl groups excluding tert-OH is 1. The van der Waals surface area contributed by atoms with Gasteiger partial charge in [0.05, 0.1) is 0 Å². The van der Waals surface area contributed by atoms with Crippen molar-refractivity contribution < 1.29 is 5.11 Å². The van der Waals surface area contributed by atoms with E-state index in [1.54, 1.807) is 0 Å². The van der Waals surface area contributed by atoms with Gasteiger partial charge in [0.2, 0.25) is 0 Å². The minimum Gasteiger partial charge on any atom is -0.396 e. The summed E-state index contributed by atoms with van der Waals surface area (Å²) in [5.41, 5.74) is 2.58. The average molecular weight is 248 g/mol. The van der Waals surface area contributed by atoms with Crippen molar-refractivity contribution in [2.24, 2.45) is 0 Å². The van der Waals surface area contributed by atoms with Crippen LogP contribution in [0.2, 0.25) is 0 Å². The Kier molecular flexibility index (Phi) is 4.25. The van der Waals surface area contributed by atoms with Gasteiger partial charge < -0.3 is 14.9 Å². The Morgan fingerprint density at radius 1 is 1.33 bits per heavy atom. The number of likely N-dealkylation sites (N-methyl/N-ethyl adjacent to an activating group) is 1. The quantitative estimate of drug-likeness (QED) is 0.885. The van der Waals surface area contributed by atoms with Crippen LogP contribution in [-0.2, 0) is 0 Å². The smallest absolute Gasteiger partial charge is 0.0451 e. The number of anilines is 1. The molecular formula is C15H24N2O. The minimum atomic E-state index is 0.257. The Labute approximate surface area is 110 Å². The van der Waals surface area contributed by atoms with Gasteiger partial charge in [0, 0.05) is 37.5 Å². The number of benzene rings is 1. The minimum absolute atomic E-state index is 0.257. The molecule has 1 N–H and O–H groups in total. The van der Waals surface area contributed by atoms with Gasteiger partial charge in [-0.25, -0.2) is 0 Å². The fraction of sp³-hybridized carbons (Fsp3) is 0.600. The number of piperazine rings is 1. The molecule has 0 bridgehead atoms. The molecule has 0 amide bonds. The molecule has 2 rings (SSSR count). The topological polar surface area (TPSA) is 26.7 Å². The van der Waals surface area contributed by atoms with Gasteiger partial charge in [-0.15, -0.1) is 0 Å². The molecule has 2 unspecified atom stereocenters. The summed E-state index contributed by atoms with van der Waals surface area (Å²) in [6, 6.07) is 9.57. The third-order valence-electron chi connectivity index (χ3n) is 3.73. The zero-order valence-corrected chi connectivity index (χ0v) is 11.6. The molecule has 0 saturated carbocycles. The van der Waals surface area contributed by atoms with E-state index in [4.69, 9.17) is 0 Å². The molecule has 1 aliphatic rings. The van der Waals surface area contributed by atoms with Crippen LogP contribution in [0.1, 0.15) is 18.9 Å². The summed E-state index contributed by atoms with van der Waals surface area (Å²) in [7, 11) is 2.16. The number of hydrogen-bond acceptors (Lipinski definition) is 3. The maximum atomic E-state index is 9.27. The van der Waals surface area contributed by atoms with E-state index in [2.05, 4.69) is 55.0 Å². The fourth-order valence-electron chi connectivity index (χ4n) is 3.05. The van der Waals surface area contributed by atoms with Crippen LogP contribution in [0, 0.1) is 6.92 Å². The maximum Gasteiger partial charge on any atom is 0.0451 e. The zero-order chi connectivity index (χ0) is 13.1. The molecule has 1 aromatic rings. The fourth-order valence-corrected chi connectivity index (χ4v) is 3.05. The monoisotopic (exact) mass is 248 g/mol. The van der Waals surface area contributed by atoms with Crippen LogP contribution < -0.4 is 4.90 Å². The first-order valence-corrected chi connectivity index (χ1v) is 6.76. The Bertz CT molecular complexity index is 394. The first-order valence-electron chi connectivity index (χ1n) is 6.76. The Hall–Kier alpha value is -1.06. The summed E-state index contributed by atoms with van der Waals surface area (Å²) < 4.78 is 0. The molecule has 1 aromatic carbocycles. The number of nitrogens with zero attached hydrogens (tertiary/aromatic N) is 2. The highest BCUT2D eigenvalue weighted by Crippen LogP contribution is 2.26. The van der Waals surface area contributed by atoms with Crippen molar-refractivity contribution >= 4 is 5.69 Å². The standard InChI is InChI=1S/C15H24N2O/c1-12-5-4-6-14(9-12)17-13(2)10-16(3)11-15(17)7-8-18/h4-6,9,13,15,18H,7-8,10-11H2,1-3H3. The summed E-state index contributed by atoms with van der Waals surface area (Å²) in [5, 5.41) is 9.27. The summed E-state index contributed by atoms with van der Waals surface area (Å²) in [5.74, 6) is 0. The van der Waals surface area contributed by atoms with Gasteiger partial charge in [-0.1, -0.05) is 12.1 Å². The van der Waals surface area contributed by atoms with Gasteiger partial charge in [0.1, 0.15) is 0 Å². The van der Waals surface area contributed by atoms with E-state index >= 15 is 0 Å². The van der Waals surface area contributed by atoms with Gasteiger partial charge in [-0.3, -0.25) is 0 Å². The van der Waals surface area contributed by atoms with Gasteiger partial charge in [-0.2, -0.15) is 0 Å². The summed E-state index contributed by atoms with van der Waals surface area (Å²) >= 11 is 0. The van der Waals surface area contributed by atoms with Crippen molar-refractivity contribution in [2.45, 2.75) is 32.4 Å². The molecule has 1 aliphatic heterocycles. The maximum absolute atomic E-state index is 9.27. The third kappa shape index (κ3) is 2.85. The van der Waals surface area contributed by atoms with Crippen LogP contribution in [-0.4, -0.2) is 48.8 Å². The predicted octanol–water partition coefficient (Wildman–Crippen LogP) is 1.89. The summed E-state index contributed by atoms with van der Waals surface area (Å²) in [6.07, 6.45) is 0.836. The van der Waals surface area contributed by atoms with E-state index in [0.29, 0.717) is 12.1 Å². The van der Waals surface area contributed by atoms with Crippen molar-refractivity contribution in [3.8, 4) is 0 Å². The van der Waals surface area contributed by atoms with Crippen molar-refractivity contribution in [2.75, 3.05) is 31.6 Å². The lowest BCUT2D eigenvalue weighted by Crippen LogP contribution is -2.57.